The molecule has 110 valence electrons. The van der Waals surface area contributed by atoms with Crippen LogP contribution in [0.1, 0.15) is 22.3 Å². The number of nitrogens with one attached hydrogen (secondary N) is 1. The van der Waals surface area contributed by atoms with Gasteiger partial charge in [-0.15, -0.1) is 12.3 Å². The first-order chi connectivity index (χ1) is 10.0. The highest BCUT2D eigenvalue weighted by Gasteiger charge is 2.39. The standard InChI is InChI=1S/C14H15N3O4/c1-3-4-14(16-17-14)8-15-13(20)9-5-10(7-18)12(19)11(6-9)21-2/h1,5-6,18-19H,4,7-8H2,2H3,(H,15,20). The highest BCUT2D eigenvalue weighted by Crippen LogP contribution is 2.32. The van der Waals surface area contributed by atoms with Crippen LogP contribution in [0.5, 0.6) is 11.5 Å². The highest BCUT2D eigenvalue weighted by molar-refractivity contribution is 5.95. The SMILES string of the molecule is C#CCC1(CNC(=O)c2cc(CO)c(O)c(OC)c2)N=N1. The Balaban J connectivity index is 2.11. The molecule has 0 atom stereocenters. The van der Waals surface area contributed by atoms with E-state index in [0.717, 1.165) is 0 Å². The second-order valence-electron chi connectivity index (χ2n) is 4.59. The molecule has 0 aromatic heterocycles. The molecule has 1 aromatic carbocycles. The summed E-state index contributed by atoms with van der Waals surface area (Å²) in [5.41, 5.74) is -0.241. The van der Waals surface area contributed by atoms with E-state index in [1.807, 2.05) is 0 Å². The molecule has 7 nitrogen and oxygen atoms in total. The van der Waals surface area contributed by atoms with Gasteiger partial charge in [0.25, 0.3) is 5.91 Å². The third-order valence-electron chi connectivity index (χ3n) is 3.11. The molecular formula is C14H15N3O4. The fraction of sp³-hybridized carbons (Fsp3) is 0.357. The van der Waals surface area contributed by atoms with Crippen LogP contribution in [0.3, 0.4) is 0 Å². The Morgan fingerprint density at radius 3 is 2.76 bits per heavy atom. The number of nitrogens with zero attached hydrogens (tertiary/aromatic N) is 2. The monoisotopic (exact) mass is 289 g/mol. The molecule has 0 bridgehead atoms. The number of ether oxygens (including phenoxy) is 1. The lowest BCUT2D eigenvalue weighted by atomic mass is 10.1. The molecule has 0 saturated heterocycles. The molecule has 1 aliphatic rings. The zero-order valence-electron chi connectivity index (χ0n) is 11.5. The maximum absolute atomic E-state index is 12.1. The Bertz CT molecular complexity index is 603. The molecule has 0 radical (unpaired) electrons. The molecule has 0 spiro atoms. The smallest absolute Gasteiger partial charge is 0.251 e. The minimum Gasteiger partial charge on any atom is -0.504 e. The molecule has 3 N–H and O–H groups in total. The van der Waals surface area contributed by atoms with Gasteiger partial charge in [-0.1, -0.05) is 0 Å². The van der Waals surface area contributed by atoms with E-state index >= 15 is 0 Å². The van der Waals surface area contributed by atoms with Crippen LogP contribution in [0, 0.1) is 12.3 Å². The molecule has 0 saturated carbocycles. The van der Waals surface area contributed by atoms with Gasteiger partial charge in [0.15, 0.2) is 11.5 Å². The second-order valence-corrected chi connectivity index (χ2v) is 4.59. The van der Waals surface area contributed by atoms with Crippen molar-refractivity contribution in [3.8, 4) is 23.8 Å². The second kappa shape index (κ2) is 5.81. The number of aliphatic hydroxyl groups excluding tert-OH is 1. The number of terminal acetylenes is 1. The Morgan fingerprint density at radius 2 is 2.24 bits per heavy atom. The molecule has 0 aliphatic carbocycles. The van der Waals surface area contributed by atoms with E-state index in [9.17, 15) is 15.0 Å². The van der Waals surface area contributed by atoms with Crippen molar-refractivity contribution >= 4 is 5.91 Å². The van der Waals surface area contributed by atoms with Crippen LogP contribution in [-0.4, -0.2) is 35.4 Å². The van der Waals surface area contributed by atoms with Gasteiger partial charge in [0, 0.05) is 11.1 Å². The van der Waals surface area contributed by atoms with E-state index in [-0.39, 0.29) is 29.2 Å². The summed E-state index contributed by atoms with van der Waals surface area (Å²) in [5, 5.41) is 29.3. The number of methoxy groups -OCH3 is 1. The summed E-state index contributed by atoms with van der Waals surface area (Å²) in [5.74, 6) is 1.99. The maximum Gasteiger partial charge on any atom is 0.251 e. The molecule has 7 heteroatoms. The average molecular weight is 289 g/mol. The van der Waals surface area contributed by atoms with Crippen LogP contribution in [0.25, 0.3) is 0 Å². The number of hydrogen-bond acceptors (Lipinski definition) is 6. The fourth-order valence-corrected chi connectivity index (χ4v) is 1.83. The quantitative estimate of drug-likeness (QED) is 0.674. The Hall–Kier alpha value is -2.59. The lowest BCUT2D eigenvalue weighted by Crippen LogP contribution is -2.34. The van der Waals surface area contributed by atoms with Gasteiger partial charge in [-0.2, -0.15) is 10.2 Å². The summed E-state index contributed by atoms with van der Waals surface area (Å²) in [4.78, 5) is 12.1. The van der Waals surface area contributed by atoms with Crippen molar-refractivity contribution in [2.75, 3.05) is 13.7 Å². The normalized spacial score (nSPS) is 14.3. The number of aromatic hydroxyl groups is 1. The van der Waals surface area contributed by atoms with Gasteiger partial charge >= 0.3 is 0 Å². The third kappa shape index (κ3) is 3.12. The Kier molecular flexibility index (Phi) is 4.10. The minimum atomic E-state index is -0.703. The molecule has 1 heterocycles. The van der Waals surface area contributed by atoms with Crippen LogP contribution >= 0.6 is 0 Å². The summed E-state index contributed by atoms with van der Waals surface area (Å²) in [6, 6.07) is 2.78. The first kappa shape index (κ1) is 14.8. The van der Waals surface area contributed by atoms with E-state index < -0.39 is 18.2 Å². The zero-order valence-corrected chi connectivity index (χ0v) is 11.5. The van der Waals surface area contributed by atoms with Crippen molar-refractivity contribution in [3.63, 3.8) is 0 Å². The van der Waals surface area contributed by atoms with Crippen molar-refractivity contribution in [1.82, 2.24) is 5.32 Å². The number of carbonyl (C=O) groups is 1. The molecule has 2 rings (SSSR count). The van der Waals surface area contributed by atoms with Crippen LogP contribution in [0.15, 0.2) is 22.4 Å². The van der Waals surface area contributed by atoms with Gasteiger partial charge in [-0.3, -0.25) is 4.79 Å². The van der Waals surface area contributed by atoms with Gasteiger partial charge in [0.05, 0.1) is 26.7 Å². The first-order valence-electron chi connectivity index (χ1n) is 6.21. The van der Waals surface area contributed by atoms with E-state index in [1.54, 1.807) is 0 Å². The summed E-state index contributed by atoms with van der Waals surface area (Å²) in [7, 11) is 1.36. The lowest BCUT2D eigenvalue weighted by Gasteiger charge is -2.12. The predicted molar refractivity (Wildman–Crippen MR) is 74.0 cm³/mol. The predicted octanol–water partition coefficient (Wildman–Crippen LogP) is 0.808. The van der Waals surface area contributed by atoms with E-state index in [2.05, 4.69) is 21.5 Å². The van der Waals surface area contributed by atoms with Gasteiger partial charge in [-0.05, 0) is 12.1 Å². The highest BCUT2D eigenvalue weighted by atomic mass is 16.5. The van der Waals surface area contributed by atoms with Gasteiger partial charge in [0.1, 0.15) is 0 Å². The van der Waals surface area contributed by atoms with Gasteiger partial charge in [-0.25, -0.2) is 0 Å². The lowest BCUT2D eigenvalue weighted by molar-refractivity contribution is 0.0948. The average Bonchev–Trinajstić information content (AvgIpc) is 3.25. The van der Waals surface area contributed by atoms with E-state index in [0.29, 0.717) is 6.42 Å². The number of carbonyl (C=O) groups excluding carboxylic acids is 1. The summed E-state index contributed by atoms with van der Waals surface area (Å²) >= 11 is 0. The molecule has 21 heavy (non-hydrogen) atoms. The van der Waals surface area contributed by atoms with Gasteiger partial charge in [0.2, 0.25) is 5.66 Å². The Labute approximate surface area is 121 Å². The zero-order chi connectivity index (χ0) is 15.5. The summed E-state index contributed by atoms with van der Waals surface area (Å²) in [6.07, 6.45) is 5.54. The van der Waals surface area contributed by atoms with Crippen molar-refractivity contribution in [1.29, 1.82) is 0 Å². The first-order valence-corrected chi connectivity index (χ1v) is 6.21. The fourth-order valence-electron chi connectivity index (χ4n) is 1.83. The minimum absolute atomic E-state index is 0.117. The molecule has 1 amide bonds. The van der Waals surface area contributed by atoms with Gasteiger partial charge < -0.3 is 20.3 Å². The Morgan fingerprint density at radius 1 is 1.52 bits per heavy atom. The molecular weight excluding hydrogens is 274 g/mol. The largest absolute Gasteiger partial charge is 0.504 e. The van der Waals surface area contributed by atoms with Crippen molar-refractivity contribution in [2.45, 2.75) is 18.7 Å². The summed E-state index contributed by atoms with van der Waals surface area (Å²) < 4.78 is 4.97. The van der Waals surface area contributed by atoms with E-state index in [4.69, 9.17) is 11.2 Å². The van der Waals surface area contributed by atoms with Crippen LogP contribution < -0.4 is 10.1 Å². The van der Waals surface area contributed by atoms with Crippen molar-refractivity contribution < 1.29 is 19.7 Å². The molecule has 0 unspecified atom stereocenters. The van der Waals surface area contributed by atoms with Crippen molar-refractivity contribution in [2.24, 2.45) is 10.2 Å². The van der Waals surface area contributed by atoms with Crippen LogP contribution in [-0.2, 0) is 6.61 Å². The summed E-state index contributed by atoms with van der Waals surface area (Å²) in [6.45, 7) is -0.206. The number of phenols is 1. The number of hydrogen-bond donors (Lipinski definition) is 3. The van der Waals surface area contributed by atoms with Crippen LogP contribution in [0.2, 0.25) is 0 Å². The molecule has 1 aliphatic heterocycles. The third-order valence-corrected chi connectivity index (χ3v) is 3.11. The van der Waals surface area contributed by atoms with E-state index in [1.165, 1.54) is 19.2 Å². The number of aliphatic hydroxyl groups is 1. The van der Waals surface area contributed by atoms with Crippen molar-refractivity contribution in [3.05, 3.63) is 23.3 Å². The number of rotatable bonds is 6. The molecule has 0 fully saturated rings. The number of amides is 1. The maximum atomic E-state index is 12.1. The molecule has 1 aromatic rings. The topological polar surface area (TPSA) is 104 Å². The number of benzene rings is 1. The van der Waals surface area contributed by atoms with Crippen LogP contribution in [0.4, 0.5) is 0 Å².